The molecule has 1 aliphatic rings. The molecule has 1 aliphatic carbocycles. The van der Waals surface area contributed by atoms with E-state index in [0.717, 1.165) is 60.9 Å². The first-order valence-electron chi connectivity index (χ1n) is 19.8. The fourth-order valence-corrected chi connectivity index (χ4v) is 8.93. The van der Waals surface area contributed by atoms with E-state index in [9.17, 15) is 0 Å². The van der Waals surface area contributed by atoms with Gasteiger partial charge in [-0.25, -0.2) is 15.0 Å². The molecular formula is C54H37N3O. The first-order valence-corrected chi connectivity index (χ1v) is 19.8. The molecule has 0 radical (unpaired) electrons. The number of fused-ring (bicyclic) bond motifs is 6. The molecule has 2 heterocycles. The van der Waals surface area contributed by atoms with E-state index in [1.54, 1.807) is 0 Å². The number of nitrogens with zero attached hydrogens (tertiary/aromatic N) is 3. The number of aromatic nitrogens is 3. The highest BCUT2D eigenvalue weighted by molar-refractivity contribution is 6.12. The van der Waals surface area contributed by atoms with Gasteiger partial charge in [0, 0.05) is 32.9 Å². The molecule has 11 rings (SSSR count). The summed E-state index contributed by atoms with van der Waals surface area (Å²) < 4.78 is 6.49. The summed E-state index contributed by atoms with van der Waals surface area (Å²) in [5, 5.41) is 1.99. The molecule has 274 valence electrons. The van der Waals surface area contributed by atoms with E-state index in [1.165, 1.54) is 33.4 Å². The zero-order valence-corrected chi connectivity index (χ0v) is 32.1. The first kappa shape index (κ1) is 33.9. The summed E-state index contributed by atoms with van der Waals surface area (Å²) in [4.78, 5) is 15.3. The summed E-state index contributed by atoms with van der Waals surface area (Å²) in [7, 11) is 0. The zero-order valence-electron chi connectivity index (χ0n) is 32.1. The van der Waals surface area contributed by atoms with Crippen molar-refractivity contribution in [3.63, 3.8) is 0 Å². The third kappa shape index (κ3) is 5.56. The highest BCUT2D eigenvalue weighted by Gasteiger charge is 2.37. The average molecular weight is 744 g/mol. The summed E-state index contributed by atoms with van der Waals surface area (Å²) in [5.41, 5.74) is 16.7. The lowest BCUT2D eigenvalue weighted by molar-refractivity contribution is 0.662. The lowest BCUT2D eigenvalue weighted by Crippen LogP contribution is -2.16. The van der Waals surface area contributed by atoms with Gasteiger partial charge in [0.05, 0.1) is 0 Å². The maximum absolute atomic E-state index is 6.49. The molecule has 0 bridgehead atoms. The van der Waals surface area contributed by atoms with Crippen molar-refractivity contribution in [3.8, 4) is 78.7 Å². The Balaban J connectivity index is 1.02. The van der Waals surface area contributed by atoms with Crippen LogP contribution in [0.15, 0.2) is 192 Å². The normalized spacial score (nSPS) is 12.8. The van der Waals surface area contributed by atoms with E-state index in [-0.39, 0.29) is 5.41 Å². The van der Waals surface area contributed by atoms with E-state index in [2.05, 4.69) is 153 Å². The van der Waals surface area contributed by atoms with E-state index < -0.39 is 0 Å². The van der Waals surface area contributed by atoms with Crippen LogP contribution < -0.4 is 0 Å². The van der Waals surface area contributed by atoms with Crippen molar-refractivity contribution in [1.29, 1.82) is 0 Å². The highest BCUT2D eigenvalue weighted by atomic mass is 16.3. The molecule has 10 aromatic rings. The van der Waals surface area contributed by atoms with Crippen molar-refractivity contribution >= 4 is 21.9 Å². The largest absolute Gasteiger partial charge is 0.456 e. The van der Waals surface area contributed by atoms with Crippen LogP contribution in [0.3, 0.4) is 0 Å². The molecule has 4 nitrogen and oxygen atoms in total. The van der Waals surface area contributed by atoms with Gasteiger partial charge in [0.2, 0.25) is 0 Å². The van der Waals surface area contributed by atoms with Gasteiger partial charge in [0.25, 0.3) is 0 Å². The van der Waals surface area contributed by atoms with Gasteiger partial charge < -0.3 is 4.42 Å². The summed E-state index contributed by atoms with van der Waals surface area (Å²) in [5.74, 6) is 1.83. The second-order valence-corrected chi connectivity index (χ2v) is 15.6. The second-order valence-electron chi connectivity index (χ2n) is 15.6. The summed E-state index contributed by atoms with van der Waals surface area (Å²) in [6.07, 6.45) is 0. The number of furan rings is 1. The Kier molecular flexibility index (Phi) is 7.80. The van der Waals surface area contributed by atoms with Gasteiger partial charge in [0.15, 0.2) is 17.5 Å². The zero-order chi connectivity index (χ0) is 38.8. The third-order valence-corrected chi connectivity index (χ3v) is 11.7. The molecule has 0 spiro atoms. The molecule has 0 amide bonds. The molecule has 2 aromatic heterocycles. The van der Waals surface area contributed by atoms with Crippen LogP contribution in [0, 0.1) is 0 Å². The molecule has 4 heteroatoms. The third-order valence-electron chi connectivity index (χ3n) is 11.7. The highest BCUT2D eigenvalue weighted by Crippen LogP contribution is 2.52. The van der Waals surface area contributed by atoms with Gasteiger partial charge in [0.1, 0.15) is 11.2 Å². The Morgan fingerprint density at radius 1 is 0.362 bits per heavy atom. The van der Waals surface area contributed by atoms with Crippen LogP contribution in [-0.4, -0.2) is 15.0 Å². The molecular weight excluding hydrogens is 707 g/mol. The lowest BCUT2D eigenvalue weighted by atomic mass is 9.79. The van der Waals surface area contributed by atoms with Crippen LogP contribution in [0.5, 0.6) is 0 Å². The van der Waals surface area contributed by atoms with Gasteiger partial charge in [-0.1, -0.05) is 178 Å². The van der Waals surface area contributed by atoms with Gasteiger partial charge >= 0.3 is 0 Å². The van der Waals surface area contributed by atoms with Crippen LogP contribution in [-0.2, 0) is 5.41 Å². The van der Waals surface area contributed by atoms with Crippen molar-refractivity contribution in [2.45, 2.75) is 19.3 Å². The van der Waals surface area contributed by atoms with E-state index in [4.69, 9.17) is 19.4 Å². The molecule has 58 heavy (non-hydrogen) atoms. The Morgan fingerprint density at radius 3 is 1.71 bits per heavy atom. The molecule has 0 saturated heterocycles. The fraction of sp³-hybridized carbons (Fsp3) is 0.0556. The van der Waals surface area contributed by atoms with Crippen molar-refractivity contribution in [3.05, 3.63) is 199 Å². The first-order chi connectivity index (χ1) is 28.5. The Bertz CT molecular complexity index is 3180. The van der Waals surface area contributed by atoms with Gasteiger partial charge in [-0.2, -0.15) is 0 Å². The molecule has 8 aromatic carbocycles. The second kappa shape index (κ2) is 13.4. The maximum atomic E-state index is 6.49. The fourth-order valence-electron chi connectivity index (χ4n) is 8.93. The molecule has 0 saturated carbocycles. The van der Waals surface area contributed by atoms with Gasteiger partial charge in [-0.3, -0.25) is 0 Å². The van der Waals surface area contributed by atoms with E-state index >= 15 is 0 Å². The SMILES string of the molecule is CC1(C)c2ccccc2-c2cccc(-c3ccc(-c4ccc5oc6cccc(-c7nc(-c8ccccc8)nc(-c8cccc(-c9ccccc9)c8)n7)c6c5c4)cc3)c21. The standard InChI is InChI=1S/C54H37N3O/c1-54(2)46-24-10-9-20-42(46)43-22-12-21-41(50(43)54)36-28-26-35(27-29-36)39-30-31-47-45(33-39)49-44(23-13-25-48(49)58-47)53-56-51(37-16-7-4-8-17-37)55-52(57-53)40-19-11-18-38(32-40)34-14-5-3-6-15-34/h3-33H,1-2H3. The average Bonchev–Trinajstić information content (AvgIpc) is 3.78. The predicted molar refractivity (Wildman–Crippen MR) is 237 cm³/mol. The molecule has 0 N–H and O–H groups in total. The quantitative estimate of drug-likeness (QED) is 0.170. The van der Waals surface area contributed by atoms with Crippen LogP contribution >= 0.6 is 0 Å². The Morgan fingerprint density at radius 2 is 0.897 bits per heavy atom. The summed E-state index contributed by atoms with van der Waals surface area (Å²) in [6, 6.07) is 66.0. The van der Waals surface area contributed by atoms with Crippen LogP contribution in [0.1, 0.15) is 25.0 Å². The molecule has 0 atom stereocenters. The summed E-state index contributed by atoms with van der Waals surface area (Å²) in [6.45, 7) is 4.69. The Hall–Kier alpha value is -7.43. The minimum Gasteiger partial charge on any atom is -0.456 e. The lowest BCUT2D eigenvalue weighted by Gasteiger charge is -2.24. The number of hydrogen-bond donors (Lipinski definition) is 0. The van der Waals surface area contributed by atoms with Crippen molar-refractivity contribution < 1.29 is 4.42 Å². The number of rotatable bonds is 6. The van der Waals surface area contributed by atoms with Crippen molar-refractivity contribution in [1.82, 2.24) is 15.0 Å². The minimum absolute atomic E-state index is 0.0837. The van der Waals surface area contributed by atoms with Gasteiger partial charge in [-0.15, -0.1) is 0 Å². The molecule has 0 fully saturated rings. The minimum atomic E-state index is -0.0837. The Labute approximate surface area is 337 Å². The van der Waals surface area contributed by atoms with Crippen molar-refractivity contribution in [2.75, 3.05) is 0 Å². The van der Waals surface area contributed by atoms with Gasteiger partial charge in [-0.05, 0) is 79.9 Å². The maximum Gasteiger partial charge on any atom is 0.164 e. The molecule has 0 unspecified atom stereocenters. The predicted octanol–water partition coefficient (Wildman–Crippen LogP) is 14.1. The number of benzene rings is 8. The van der Waals surface area contributed by atoms with E-state index in [0.29, 0.717) is 17.5 Å². The van der Waals surface area contributed by atoms with E-state index in [1.807, 2.05) is 48.5 Å². The monoisotopic (exact) mass is 743 g/mol. The van der Waals surface area contributed by atoms with Crippen LogP contribution in [0.25, 0.3) is 101 Å². The van der Waals surface area contributed by atoms with Crippen LogP contribution in [0.2, 0.25) is 0 Å². The topological polar surface area (TPSA) is 51.8 Å². The van der Waals surface area contributed by atoms with Crippen LogP contribution in [0.4, 0.5) is 0 Å². The smallest absolute Gasteiger partial charge is 0.164 e. The molecule has 0 aliphatic heterocycles. The van der Waals surface area contributed by atoms with Crippen molar-refractivity contribution in [2.24, 2.45) is 0 Å². The number of hydrogen-bond acceptors (Lipinski definition) is 4. The summed E-state index contributed by atoms with van der Waals surface area (Å²) >= 11 is 0.